The number of amides is 1. The molecule has 1 aromatic carbocycles. The first kappa shape index (κ1) is 18.1. The molecule has 0 bridgehead atoms. The van der Waals surface area contributed by atoms with Gasteiger partial charge in [-0.2, -0.15) is 0 Å². The van der Waals surface area contributed by atoms with E-state index >= 15 is 0 Å². The highest BCUT2D eigenvalue weighted by atomic mass is 32.1. The Labute approximate surface area is 146 Å². The van der Waals surface area contributed by atoms with E-state index < -0.39 is 0 Å². The van der Waals surface area contributed by atoms with Gasteiger partial charge in [-0.05, 0) is 31.7 Å². The molecular formula is C18H22N2O3S. The monoisotopic (exact) mass is 346 g/mol. The van der Waals surface area contributed by atoms with Crippen molar-refractivity contribution in [3.05, 3.63) is 47.0 Å². The molecule has 2 aromatic rings. The van der Waals surface area contributed by atoms with Gasteiger partial charge in [-0.15, -0.1) is 11.3 Å². The summed E-state index contributed by atoms with van der Waals surface area (Å²) in [6.45, 7) is 2.24. The minimum Gasteiger partial charge on any atom is -0.466 e. The normalized spacial score (nSPS) is 10.4. The van der Waals surface area contributed by atoms with Crippen molar-refractivity contribution in [3.63, 3.8) is 0 Å². The topological polar surface area (TPSA) is 68.3 Å². The first-order valence-corrected chi connectivity index (χ1v) is 8.93. The Morgan fingerprint density at radius 3 is 2.75 bits per heavy atom. The van der Waals surface area contributed by atoms with Gasteiger partial charge in [0.2, 0.25) is 5.91 Å². The van der Waals surface area contributed by atoms with E-state index in [0.29, 0.717) is 24.6 Å². The summed E-state index contributed by atoms with van der Waals surface area (Å²) in [7, 11) is 0. The number of rotatable bonds is 9. The molecule has 1 heterocycles. The molecule has 1 aromatic heterocycles. The van der Waals surface area contributed by atoms with Crippen molar-refractivity contribution in [1.29, 1.82) is 0 Å². The minimum atomic E-state index is -0.143. The van der Waals surface area contributed by atoms with E-state index in [-0.39, 0.29) is 11.9 Å². The molecule has 0 saturated heterocycles. The summed E-state index contributed by atoms with van der Waals surface area (Å²) in [6.07, 6.45) is 5.13. The van der Waals surface area contributed by atoms with E-state index in [4.69, 9.17) is 4.74 Å². The summed E-state index contributed by atoms with van der Waals surface area (Å²) >= 11 is 1.48. The molecule has 0 aliphatic heterocycles. The zero-order valence-corrected chi connectivity index (χ0v) is 14.6. The second kappa shape index (κ2) is 9.82. The predicted molar refractivity (Wildman–Crippen MR) is 95.1 cm³/mol. The number of nitrogens with zero attached hydrogens (tertiary/aromatic N) is 1. The van der Waals surface area contributed by atoms with Crippen LogP contribution in [-0.4, -0.2) is 23.5 Å². The van der Waals surface area contributed by atoms with Gasteiger partial charge in [-0.25, -0.2) is 4.98 Å². The molecule has 24 heavy (non-hydrogen) atoms. The van der Waals surface area contributed by atoms with Crippen LogP contribution in [0.25, 0.3) is 0 Å². The number of hydrogen-bond acceptors (Lipinski definition) is 5. The molecule has 0 fully saturated rings. The zero-order valence-electron chi connectivity index (χ0n) is 13.8. The van der Waals surface area contributed by atoms with E-state index in [1.165, 1.54) is 11.3 Å². The lowest BCUT2D eigenvalue weighted by atomic mass is 10.1. The molecular weight excluding hydrogens is 324 g/mol. The first-order valence-electron chi connectivity index (χ1n) is 8.11. The molecule has 6 heteroatoms. The highest BCUT2D eigenvalue weighted by Gasteiger charge is 2.08. The van der Waals surface area contributed by atoms with Gasteiger partial charge in [0, 0.05) is 17.5 Å². The van der Waals surface area contributed by atoms with Gasteiger partial charge in [0.15, 0.2) is 5.13 Å². The minimum absolute atomic E-state index is 0.0654. The fraction of sp³-hybridized carbons (Fsp3) is 0.389. The lowest BCUT2D eigenvalue weighted by Gasteiger charge is -2.02. The van der Waals surface area contributed by atoms with Crippen LogP contribution in [0.5, 0.6) is 0 Å². The van der Waals surface area contributed by atoms with E-state index in [2.05, 4.69) is 10.3 Å². The van der Waals surface area contributed by atoms with E-state index in [1.54, 1.807) is 6.20 Å². The Bertz CT molecular complexity index is 655. The van der Waals surface area contributed by atoms with Gasteiger partial charge in [-0.3, -0.25) is 9.59 Å². The van der Waals surface area contributed by atoms with Crippen LogP contribution in [0.4, 0.5) is 5.13 Å². The third-order valence-corrected chi connectivity index (χ3v) is 4.34. The zero-order chi connectivity index (χ0) is 17.2. The SMILES string of the molecule is CCOC(=O)CCCCc1cnc(NC(=O)Cc2ccccc2)s1. The fourth-order valence-electron chi connectivity index (χ4n) is 2.23. The predicted octanol–water partition coefficient (Wildman–Crippen LogP) is 3.60. The Morgan fingerprint density at radius 2 is 2.00 bits per heavy atom. The number of unbranched alkanes of at least 4 members (excludes halogenated alkanes) is 1. The Kier molecular flexibility index (Phi) is 7.42. The number of esters is 1. The summed E-state index contributed by atoms with van der Waals surface area (Å²) in [5, 5.41) is 3.45. The van der Waals surface area contributed by atoms with Gasteiger partial charge < -0.3 is 10.1 Å². The van der Waals surface area contributed by atoms with Gasteiger partial charge >= 0.3 is 5.97 Å². The molecule has 0 saturated carbocycles. The van der Waals surface area contributed by atoms with Crippen molar-refractivity contribution < 1.29 is 14.3 Å². The van der Waals surface area contributed by atoms with E-state index in [0.717, 1.165) is 29.7 Å². The number of nitrogens with one attached hydrogen (secondary N) is 1. The van der Waals surface area contributed by atoms with Crippen LogP contribution in [0.1, 0.15) is 36.6 Å². The average molecular weight is 346 g/mol. The van der Waals surface area contributed by atoms with Crippen LogP contribution < -0.4 is 5.32 Å². The number of ether oxygens (including phenoxy) is 1. The van der Waals surface area contributed by atoms with Crippen molar-refractivity contribution in [2.24, 2.45) is 0 Å². The second-order valence-corrected chi connectivity index (χ2v) is 6.47. The first-order chi connectivity index (χ1) is 11.7. The standard InChI is InChI=1S/C18H22N2O3S/c1-2-23-17(22)11-7-6-10-15-13-19-18(24-15)20-16(21)12-14-8-4-3-5-9-14/h3-5,8-9,13H,2,6-7,10-12H2,1H3,(H,19,20,21). The summed E-state index contributed by atoms with van der Waals surface area (Å²) in [5.74, 6) is -0.208. The molecule has 128 valence electrons. The molecule has 0 radical (unpaired) electrons. The number of aryl methyl sites for hydroxylation is 1. The van der Waals surface area contributed by atoms with Crippen LogP contribution in [0.15, 0.2) is 36.5 Å². The van der Waals surface area contributed by atoms with Crippen molar-refractivity contribution in [1.82, 2.24) is 4.98 Å². The Hall–Kier alpha value is -2.21. The molecule has 0 atom stereocenters. The van der Waals surface area contributed by atoms with Gasteiger partial charge in [0.1, 0.15) is 0 Å². The van der Waals surface area contributed by atoms with E-state index in [1.807, 2.05) is 37.3 Å². The smallest absolute Gasteiger partial charge is 0.305 e. The van der Waals surface area contributed by atoms with Crippen LogP contribution in [0.2, 0.25) is 0 Å². The highest BCUT2D eigenvalue weighted by molar-refractivity contribution is 7.15. The maximum atomic E-state index is 12.0. The largest absolute Gasteiger partial charge is 0.466 e. The summed E-state index contributed by atoms with van der Waals surface area (Å²) in [5.41, 5.74) is 0.978. The lowest BCUT2D eigenvalue weighted by Crippen LogP contribution is -2.13. The van der Waals surface area contributed by atoms with Crippen molar-refractivity contribution in [2.45, 2.75) is 39.0 Å². The Morgan fingerprint density at radius 1 is 1.21 bits per heavy atom. The van der Waals surface area contributed by atoms with Gasteiger partial charge in [0.05, 0.1) is 13.0 Å². The third-order valence-electron chi connectivity index (χ3n) is 3.37. The Balaban J connectivity index is 1.70. The number of aromatic nitrogens is 1. The lowest BCUT2D eigenvalue weighted by molar-refractivity contribution is -0.143. The third kappa shape index (κ3) is 6.50. The number of anilines is 1. The van der Waals surface area contributed by atoms with Gasteiger partial charge in [-0.1, -0.05) is 30.3 Å². The van der Waals surface area contributed by atoms with Crippen LogP contribution >= 0.6 is 11.3 Å². The fourth-order valence-corrected chi connectivity index (χ4v) is 3.10. The average Bonchev–Trinajstić information content (AvgIpc) is 3.00. The molecule has 0 spiro atoms. The summed E-state index contributed by atoms with van der Waals surface area (Å²) < 4.78 is 4.89. The molecule has 1 N–H and O–H groups in total. The summed E-state index contributed by atoms with van der Waals surface area (Å²) in [4.78, 5) is 28.6. The number of carbonyl (C=O) groups is 2. The quantitative estimate of drug-likeness (QED) is 0.556. The maximum Gasteiger partial charge on any atom is 0.305 e. The molecule has 0 unspecified atom stereocenters. The van der Waals surface area contributed by atoms with E-state index in [9.17, 15) is 9.59 Å². The molecule has 5 nitrogen and oxygen atoms in total. The molecule has 0 aliphatic rings. The molecule has 1 amide bonds. The number of thiazole rings is 1. The molecule has 0 aliphatic carbocycles. The maximum absolute atomic E-state index is 12.0. The second-order valence-electron chi connectivity index (χ2n) is 5.35. The van der Waals surface area contributed by atoms with Crippen molar-refractivity contribution in [3.8, 4) is 0 Å². The highest BCUT2D eigenvalue weighted by Crippen LogP contribution is 2.20. The summed E-state index contributed by atoms with van der Waals surface area (Å²) in [6, 6.07) is 9.62. The number of carbonyl (C=O) groups excluding carboxylic acids is 2. The van der Waals surface area contributed by atoms with Crippen LogP contribution in [0.3, 0.4) is 0 Å². The van der Waals surface area contributed by atoms with Crippen molar-refractivity contribution in [2.75, 3.05) is 11.9 Å². The van der Waals surface area contributed by atoms with Crippen LogP contribution in [-0.2, 0) is 27.2 Å². The van der Waals surface area contributed by atoms with Crippen LogP contribution in [0, 0.1) is 0 Å². The van der Waals surface area contributed by atoms with Gasteiger partial charge in [0.25, 0.3) is 0 Å². The number of hydrogen-bond donors (Lipinski definition) is 1. The molecule has 2 rings (SSSR count). The van der Waals surface area contributed by atoms with Crippen molar-refractivity contribution >= 4 is 28.3 Å². The number of benzene rings is 1.